The van der Waals surface area contributed by atoms with Gasteiger partial charge in [0.2, 0.25) is 0 Å². The van der Waals surface area contributed by atoms with Crippen molar-refractivity contribution in [2.75, 3.05) is 25.2 Å². The van der Waals surface area contributed by atoms with Gasteiger partial charge in [0.05, 0.1) is 11.5 Å². The fourth-order valence-electron chi connectivity index (χ4n) is 1.44. The number of nitrogen functional groups attached to an aromatic ring is 1. The first-order valence-corrected chi connectivity index (χ1v) is 7.80. The number of sulfone groups is 1. The second-order valence-electron chi connectivity index (χ2n) is 3.76. The lowest BCUT2D eigenvalue weighted by atomic mass is 10.2. The molecule has 0 aliphatic rings. The van der Waals surface area contributed by atoms with E-state index in [1.807, 2.05) is 0 Å². The third kappa shape index (κ3) is 4.65. The molecule has 4 nitrogen and oxygen atoms in total. The molecule has 0 bridgehead atoms. The van der Waals surface area contributed by atoms with Crippen LogP contribution in [0.3, 0.4) is 0 Å². The minimum Gasteiger partial charge on any atom is -0.398 e. The average molecular weight is 322 g/mol. The van der Waals surface area contributed by atoms with Crippen molar-refractivity contribution < 1.29 is 13.2 Å². The summed E-state index contributed by atoms with van der Waals surface area (Å²) in [6, 6.07) is 5.24. The molecule has 0 aromatic heterocycles. The minimum atomic E-state index is -3.11. The zero-order valence-electron chi connectivity index (χ0n) is 9.65. The topological polar surface area (TPSA) is 69.4 Å². The van der Waals surface area contributed by atoms with Crippen molar-refractivity contribution in [1.82, 2.24) is 0 Å². The molecule has 96 valence electrons. The van der Waals surface area contributed by atoms with E-state index in [4.69, 9.17) is 10.5 Å². The highest BCUT2D eigenvalue weighted by Gasteiger charge is 2.14. The highest BCUT2D eigenvalue weighted by atomic mass is 79.9. The third-order valence-electron chi connectivity index (χ3n) is 2.29. The number of ether oxygens (including phenoxy) is 1. The van der Waals surface area contributed by atoms with Crippen molar-refractivity contribution >= 4 is 31.5 Å². The Bertz CT molecular complexity index is 474. The highest BCUT2D eigenvalue weighted by molar-refractivity contribution is 9.10. The van der Waals surface area contributed by atoms with Gasteiger partial charge < -0.3 is 10.5 Å². The molecule has 0 radical (unpaired) electrons. The van der Waals surface area contributed by atoms with E-state index < -0.39 is 9.84 Å². The Morgan fingerprint density at radius 2 is 2.12 bits per heavy atom. The fourth-order valence-corrected chi connectivity index (χ4v) is 3.45. The van der Waals surface area contributed by atoms with Gasteiger partial charge in [-0.3, -0.25) is 0 Å². The van der Waals surface area contributed by atoms with Crippen molar-refractivity contribution in [3.8, 4) is 0 Å². The summed E-state index contributed by atoms with van der Waals surface area (Å²) >= 11 is 3.30. The molecule has 0 unspecified atom stereocenters. The molecule has 0 aliphatic heterocycles. The molecule has 0 atom stereocenters. The Morgan fingerprint density at radius 3 is 2.76 bits per heavy atom. The first kappa shape index (κ1) is 14.5. The van der Waals surface area contributed by atoms with Crippen LogP contribution in [0, 0.1) is 0 Å². The molecule has 6 heteroatoms. The summed E-state index contributed by atoms with van der Waals surface area (Å²) < 4.78 is 29.1. The standard InChI is InChI=1S/C11H16BrNO3S/c1-16-6-3-7-17(14,15)8-9-4-2-5-10(13)11(9)12/h2,4-5H,3,6-8,13H2,1H3. The quantitative estimate of drug-likeness (QED) is 0.642. The Labute approximate surface area is 110 Å². The molecule has 1 aromatic carbocycles. The maximum absolute atomic E-state index is 11.8. The summed E-state index contributed by atoms with van der Waals surface area (Å²) in [5.74, 6) is 0.129. The van der Waals surface area contributed by atoms with E-state index in [2.05, 4.69) is 15.9 Å². The number of hydrogen-bond donors (Lipinski definition) is 1. The Morgan fingerprint density at radius 1 is 1.41 bits per heavy atom. The summed E-state index contributed by atoms with van der Waals surface area (Å²) in [5.41, 5.74) is 6.95. The Balaban J connectivity index is 2.73. The predicted molar refractivity (Wildman–Crippen MR) is 72.5 cm³/mol. The van der Waals surface area contributed by atoms with Crippen LogP contribution >= 0.6 is 15.9 Å². The zero-order valence-corrected chi connectivity index (χ0v) is 12.1. The lowest BCUT2D eigenvalue weighted by Gasteiger charge is -2.08. The summed E-state index contributed by atoms with van der Waals surface area (Å²) in [6.07, 6.45) is 0.513. The van der Waals surface area contributed by atoms with E-state index in [-0.39, 0.29) is 11.5 Å². The summed E-state index contributed by atoms with van der Waals surface area (Å²) in [7, 11) is -1.56. The number of rotatable bonds is 6. The Hall–Kier alpha value is -0.590. The number of halogens is 1. The first-order chi connectivity index (χ1) is 7.96. The summed E-state index contributed by atoms with van der Waals surface area (Å²) in [6.45, 7) is 0.456. The van der Waals surface area contributed by atoms with Crippen LogP contribution in [-0.4, -0.2) is 27.9 Å². The maximum Gasteiger partial charge on any atom is 0.154 e. The molecule has 0 saturated heterocycles. The van der Waals surface area contributed by atoms with E-state index in [0.717, 1.165) is 0 Å². The van der Waals surface area contributed by atoms with Gasteiger partial charge in [-0.25, -0.2) is 8.42 Å². The smallest absolute Gasteiger partial charge is 0.154 e. The van der Waals surface area contributed by atoms with Crippen LogP contribution in [0.1, 0.15) is 12.0 Å². The van der Waals surface area contributed by atoms with E-state index in [1.165, 1.54) is 0 Å². The molecule has 0 fully saturated rings. The normalized spacial score (nSPS) is 11.6. The Kier molecular flexibility index (Phi) is 5.42. The molecular weight excluding hydrogens is 306 g/mol. The largest absolute Gasteiger partial charge is 0.398 e. The molecular formula is C11H16BrNO3S. The van der Waals surface area contributed by atoms with Gasteiger partial charge in [0, 0.05) is 23.9 Å². The number of hydrogen-bond acceptors (Lipinski definition) is 4. The van der Waals surface area contributed by atoms with E-state index >= 15 is 0 Å². The molecule has 1 rings (SSSR count). The van der Waals surface area contributed by atoms with Gasteiger partial charge in [0.1, 0.15) is 0 Å². The van der Waals surface area contributed by atoms with Crippen molar-refractivity contribution in [1.29, 1.82) is 0 Å². The molecule has 0 saturated carbocycles. The monoisotopic (exact) mass is 321 g/mol. The predicted octanol–water partition coefficient (Wildman–Crippen LogP) is 1.98. The van der Waals surface area contributed by atoms with Crippen LogP contribution in [-0.2, 0) is 20.3 Å². The maximum atomic E-state index is 11.8. The number of nitrogens with two attached hydrogens (primary N) is 1. The van der Waals surface area contributed by atoms with E-state index in [9.17, 15) is 8.42 Å². The van der Waals surface area contributed by atoms with Gasteiger partial charge >= 0.3 is 0 Å². The van der Waals surface area contributed by atoms with Crippen LogP contribution < -0.4 is 5.73 Å². The van der Waals surface area contributed by atoms with Crippen molar-refractivity contribution in [2.24, 2.45) is 0 Å². The minimum absolute atomic E-state index is 0.00232. The second-order valence-corrected chi connectivity index (χ2v) is 6.74. The lowest BCUT2D eigenvalue weighted by Crippen LogP contribution is -2.11. The fraction of sp³-hybridized carbons (Fsp3) is 0.455. The number of benzene rings is 1. The second kappa shape index (κ2) is 6.37. The zero-order chi connectivity index (χ0) is 12.9. The number of methoxy groups -OCH3 is 1. The molecule has 0 heterocycles. The third-order valence-corrected chi connectivity index (χ3v) is 4.92. The van der Waals surface area contributed by atoms with Gasteiger partial charge in [-0.2, -0.15) is 0 Å². The van der Waals surface area contributed by atoms with Crippen LogP contribution in [0.4, 0.5) is 5.69 Å². The van der Waals surface area contributed by atoms with Gasteiger partial charge in [-0.05, 0) is 34.0 Å². The average Bonchev–Trinajstić information content (AvgIpc) is 2.25. The van der Waals surface area contributed by atoms with Crippen LogP contribution in [0.5, 0.6) is 0 Å². The van der Waals surface area contributed by atoms with Crippen LogP contribution in [0.15, 0.2) is 22.7 Å². The summed E-state index contributed by atoms with van der Waals surface area (Å²) in [4.78, 5) is 0. The molecule has 0 aliphatic carbocycles. The highest BCUT2D eigenvalue weighted by Crippen LogP contribution is 2.25. The van der Waals surface area contributed by atoms with Crippen molar-refractivity contribution in [3.05, 3.63) is 28.2 Å². The lowest BCUT2D eigenvalue weighted by molar-refractivity contribution is 0.199. The molecule has 1 aromatic rings. The molecule has 0 amide bonds. The van der Waals surface area contributed by atoms with Gasteiger partial charge in [-0.15, -0.1) is 0 Å². The molecule has 0 spiro atoms. The molecule has 2 N–H and O–H groups in total. The van der Waals surface area contributed by atoms with Gasteiger partial charge in [0.15, 0.2) is 9.84 Å². The van der Waals surface area contributed by atoms with Gasteiger partial charge in [-0.1, -0.05) is 12.1 Å². The van der Waals surface area contributed by atoms with Crippen LogP contribution in [0.2, 0.25) is 0 Å². The van der Waals surface area contributed by atoms with Crippen LogP contribution in [0.25, 0.3) is 0 Å². The molecule has 17 heavy (non-hydrogen) atoms. The van der Waals surface area contributed by atoms with Crippen molar-refractivity contribution in [2.45, 2.75) is 12.2 Å². The van der Waals surface area contributed by atoms with Gasteiger partial charge in [0.25, 0.3) is 0 Å². The van der Waals surface area contributed by atoms with E-state index in [1.54, 1.807) is 25.3 Å². The summed E-state index contributed by atoms with van der Waals surface area (Å²) in [5, 5.41) is 0. The SMILES string of the molecule is COCCCS(=O)(=O)Cc1cccc(N)c1Br. The van der Waals surface area contributed by atoms with E-state index in [0.29, 0.717) is 28.8 Å². The first-order valence-electron chi connectivity index (χ1n) is 5.18. The van der Waals surface area contributed by atoms with Crippen molar-refractivity contribution in [3.63, 3.8) is 0 Å². The number of anilines is 1.